The first-order valence-electron chi connectivity index (χ1n) is 20.5. The van der Waals surface area contributed by atoms with Crippen LogP contribution >= 0.6 is 0 Å². The van der Waals surface area contributed by atoms with Gasteiger partial charge in [0, 0.05) is 66.2 Å². The van der Waals surface area contributed by atoms with Gasteiger partial charge in [0.2, 0.25) is 11.6 Å². The van der Waals surface area contributed by atoms with E-state index in [9.17, 15) is 19.2 Å². The molecule has 2 aliphatic carbocycles. The predicted molar refractivity (Wildman–Crippen MR) is 210 cm³/mol. The maximum absolute atomic E-state index is 12.3. The van der Waals surface area contributed by atoms with Gasteiger partial charge in [-0.2, -0.15) is 0 Å². The number of hydrogen-bond donors (Lipinski definition) is 0. The van der Waals surface area contributed by atoms with Crippen molar-refractivity contribution in [3.05, 3.63) is 34.4 Å². The third kappa shape index (κ3) is 11.2. The largest absolute Gasteiger partial charge is 0.463 e. The first kappa shape index (κ1) is 43.3. The lowest BCUT2D eigenvalue weighted by Gasteiger charge is -2.34. The first-order chi connectivity index (χ1) is 26.3. The minimum atomic E-state index is -0.411. The molecule has 2 aromatic rings. The van der Waals surface area contributed by atoms with Gasteiger partial charge < -0.3 is 28.1 Å². The molecule has 56 heavy (non-hydrogen) atoms. The lowest BCUT2D eigenvalue weighted by Crippen LogP contribution is -2.37. The summed E-state index contributed by atoms with van der Waals surface area (Å²) in [6.45, 7) is 17.1. The molecule has 0 saturated heterocycles. The van der Waals surface area contributed by atoms with Crippen LogP contribution in [-0.2, 0) is 68.6 Å². The summed E-state index contributed by atoms with van der Waals surface area (Å²) in [5.74, 6) is 1.21. The third-order valence-corrected chi connectivity index (χ3v) is 11.6. The molecular formula is C42H66N6O8. The van der Waals surface area contributed by atoms with Crippen LogP contribution < -0.4 is 0 Å². The highest BCUT2D eigenvalue weighted by Gasteiger charge is 2.34. The highest BCUT2D eigenvalue weighted by molar-refractivity contribution is 5.86. The molecule has 2 fully saturated rings. The van der Waals surface area contributed by atoms with Crippen molar-refractivity contribution in [2.45, 2.75) is 130 Å². The van der Waals surface area contributed by atoms with Crippen molar-refractivity contribution in [3.8, 4) is 0 Å². The second kappa shape index (κ2) is 18.2. The second-order valence-electron chi connectivity index (χ2n) is 18.2. The first-order valence-corrected chi connectivity index (χ1v) is 20.5. The summed E-state index contributed by atoms with van der Waals surface area (Å²) in [6.07, 6.45) is 9.61. The summed E-state index contributed by atoms with van der Waals surface area (Å²) in [4.78, 5) is 62.1. The third-order valence-electron chi connectivity index (χ3n) is 11.6. The van der Waals surface area contributed by atoms with E-state index in [0.29, 0.717) is 23.5 Å². The van der Waals surface area contributed by atoms with Crippen LogP contribution in [-0.4, -0.2) is 104 Å². The van der Waals surface area contributed by atoms with E-state index in [-0.39, 0.29) is 35.7 Å². The fourth-order valence-corrected chi connectivity index (χ4v) is 8.60. The number of methoxy groups -OCH3 is 2. The van der Waals surface area contributed by atoms with Crippen LogP contribution in [0, 0.1) is 23.7 Å². The summed E-state index contributed by atoms with van der Waals surface area (Å²) in [5, 5.41) is 0. The zero-order valence-electron chi connectivity index (χ0n) is 35.6. The molecule has 0 bridgehead atoms. The number of fused-ring (bicyclic) bond motifs is 2. The molecule has 312 valence electrons. The topological polar surface area (TPSA) is 147 Å². The molecular weight excluding hydrogens is 716 g/mol. The molecule has 14 heteroatoms. The average molecular weight is 783 g/mol. The molecule has 2 aromatic heterocycles. The van der Waals surface area contributed by atoms with Crippen LogP contribution in [0.3, 0.4) is 0 Å². The molecule has 2 saturated carbocycles. The molecule has 4 heterocycles. The number of rotatable bonds is 8. The molecule has 0 aromatic carbocycles. The van der Waals surface area contributed by atoms with Crippen molar-refractivity contribution in [1.29, 1.82) is 0 Å². The summed E-state index contributed by atoms with van der Waals surface area (Å²) in [6, 6.07) is 0. The molecule has 0 unspecified atom stereocenters. The van der Waals surface area contributed by atoms with Crippen LogP contribution in [0.15, 0.2) is 0 Å². The van der Waals surface area contributed by atoms with E-state index < -0.39 is 11.2 Å². The molecule has 0 N–H and O–H groups in total. The maximum atomic E-state index is 12.3. The highest BCUT2D eigenvalue weighted by Crippen LogP contribution is 2.34. The second-order valence-corrected chi connectivity index (χ2v) is 18.2. The Morgan fingerprint density at radius 1 is 0.589 bits per heavy atom. The minimum Gasteiger partial charge on any atom is -0.463 e. The van der Waals surface area contributed by atoms with Crippen LogP contribution in [0.2, 0.25) is 0 Å². The van der Waals surface area contributed by atoms with Crippen LogP contribution in [0.25, 0.3) is 0 Å². The Morgan fingerprint density at radius 2 is 0.929 bits per heavy atom. The van der Waals surface area contributed by atoms with Gasteiger partial charge in [-0.3, -0.25) is 19.4 Å². The summed E-state index contributed by atoms with van der Waals surface area (Å²) in [7, 11) is 6.53. The Bertz CT molecular complexity index is 1580. The molecule has 14 nitrogen and oxygen atoms in total. The summed E-state index contributed by atoms with van der Waals surface area (Å²) < 4.78 is 24.5. The van der Waals surface area contributed by atoms with Gasteiger partial charge in [0.25, 0.3) is 0 Å². The van der Waals surface area contributed by atoms with Gasteiger partial charge in [-0.25, -0.2) is 19.6 Å². The van der Waals surface area contributed by atoms with Crippen molar-refractivity contribution in [3.63, 3.8) is 0 Å². The lowest BCUT2D eigenvalue weighted by atomic mass is 9.81. The van der Waals surface area contributed by atoms with Crippen molar-refractivity contribution in [2.24, 2.45) is 37.8 Å². The van der Waals surface area contributed by atoms with E-state index in [1.54, 1.807) is 0 Å². The Kier molecular flexibility index (Phi) is 14.1. The summed E-state index contributed by atoms with van der Waals surface area (Å²) in [5.41, 5.74) is 3.40. The quantitative estimate of drug-likeness (QED) is 0.249. The van der Waals surface area contributed by atoms with Crippen molar-refractivity contribution in [1.82, 2.24) is 28.9 Å². The summed E-state index contributed by atoms with van der Waals surface area (Å²) >= 11 is 0. The number of esters is 4. The Balaban J connectivity index is 0.000000214. The van der Waals surface area contributed by atoms with Gasteiger partial charge in [-0.05, 0) is 105 Å². The van der Waals surface area contributed by atoms with E-state index in [0.717, 1.165) is 126 Å². The van der Waals surface area contributed by atoms with Crippen LogP contribution in [0.4, 0.5) is 0 Å². The van der Waals surface area contributed by atoms with E-state index in [4.69, 9.17) is 18.9 Å². The van der Waals surface area contributed by atoms with Crippen LogP contribution in [0.5, 0.6) is 0 Å². The van der Waals surface area contributed by atoms with E-state index >= 15 is 0 Å². The standard InChI is InChI=1S/2C21H33N3O4/c2*1-21(2,3)28-19(25)15-8-6-14(7-9-15)12-24-11-10-16-17(13-24)23(4)18(22-16)20(26)27-5/h2*14-15H,6-13H2,1-5H3. The molecule has 2 aliphatic heterocycles. The predicted octanol–water partition coefficient (Wildman–Crippen LogP) is 5.43. The number of nitrogens with zero attached hydrogens (tertiary/aromatic N) is 6. The smallest absolute Gasteiger partial charge is 0.374 e. The van der Waals surface area contributed by atoms with Gasteiger partial charge in [0.1, 0.15) is 11.2 Å². The normalized spacial score (nSPS) is 23.2. The van der Waals surface area contributed by atoms with Crippen molar-refractivity contribution >= 4 is 23.9 Å². The number of carbonyl (C=O) groups is 4. The number of aromatic nitrogens is 4. The minimum absolute atomic E-state index is 0.0428. The highest BCUT2D eigenvalue weighted by atomic mass is 16.6. The maximum Gasteiger partial charge on any atom is 0.374 e. The fraction of sp³-hybridized carbons (Fsp3) is 0.762. The fourth-order valence-electron chi connectivity index (χ4n) is 8.60. The SMILES string of the molecule is COC(=O)c1nc2c(n1C)CN(CC1CCC(C(=O)OC(C)(C)C)CC1)CC2.COC(=O)c1nc2c(n1C)CN(CC1CCC(C(=O)OC(C)(C)C)CC1)CC2. The van der Waals surface area contributed by atoms with Crippen LogP contribution in [0.1, 0.15) is 137 Å². The van der Waals surface area contributed by atoms with Gasteiger partial charge in [0.05, 0.1) is 48.8 Å². The van der Waals surface area contributed by atoms with E-state index in [1.807, 2.05) is 64.8 Å². The molecule has 0 atom stereocenters. The number of hydrogen-bond acceptors (Lipinski definition) is 12. The van der Waals surface area contributed by atoms with Gasteiger partial charge >= 0.3 is 23.9 Å². The van der Waals surface area contributed by atoms with Crippen molar-refractivity contribution in [2.75, 3.05) is 40.4 Å². The van der Waals surface area contributed by atoms with Gasteiger partial charge in [-0.1, -0.05) is 0 Å². The molecule has 4 aliphatic rings. The molecule has 0 radical (unpaired) electrons. The van der Waals surface area contributed by atoms with Gasteiger partial charge in [-0.15, -0.1) is 0 Å². The zero-order valence-corrected chi connectivity index (χ0v) is 35.6. The average Bonchev–Trinajstić information content (AvgIpc) is 3.65. The van der Waals surface area contributed by atoms with Crippen molar-refractivity contribution < 1.29 is 38.1 Å². The number of ether oxygens (including phenoxy) is 4. The lowest BCUT2D eigenvalue weighted by molar-refractivity contribution is -0.162. The molecule has 0 spiro atoms. The molecule has 0 amide bonds. The van der Waals surface area contributed by atoms with Gasteiger partial charge in [0.15, 0.2) is 0 Å². The van der Waals surface area contributed by atoms with E-state index in [2.05, 4.69) is 19.8 Å². The Hall–Kier alpha value is -3.78. The number of carbonyl (C=O) groups excluding carboxylic acids is 4. The Labute approximate surface area is 333 Å². The Morgan fingerprint density at radius 3 is 1.23 bits per heavy atom. The van der Waals surface area contributed by atoms with E-state index in [1.165, 1.54) is 14.2 Å². The zero-order chi connectivity index (χ0) is 40.9. The molecule has 6 rings (SSSR count). The monoisotopic (exact) mass is 782 g/mol. The number of imidazole rings is 2.